The minimum atomic E-state index is 0.0876. The summed E-state index contributed by atoms with van der Waals surface area (Å²) in [6.07, 6.45) is 0. The highest BCUT2D eigenvalue weighted by molar-refractivity contribution is 5.92. The van der Waals surface area contributed by atoms with Crippen LogP contribution in [-0.2, 0) is 0 Å². The second-order valence-electron chi connectivity index (χ2n) is 3.76. The van der Waals surface area contributed by atoms with Crippen molar-refractivity contribution in [2.45, 2.75) is 0 Å². The molecule has 0 N–H and O–H groups in total. The van der Waals surface area contributed by atoms with E-state index in [2.05, 4.69) is 6.07 Å². The summed E-state index contributed by atoms with van der Waals surface area (Å²) in [5, 5.41) is 3.43. The van der Waals surface area contributed by atoms with Gasteiger partial charge in [-0.1, -0.05) is 42.5 Å². The van der Waals surface area contributed by atoms with Gasteiger partial charge >= 0.3 is 0 Å². The van der Waals surface area contributed by atoms with Crippen molar-refractivity contribution in [3.05, 3.63) is 70.9 Å². The second kappa shape index (κ2) is 3.46. The first kappa shape index (κ1) is 9.10. The van der Waals surface area contributed by atoms with Gasteiger partial charge in [0.2, 0.25) is 0 Å². The molecule has 0 aliphatic carbocycles. The summed E-state index contributed by atoms with van der Waals surface area (Å²) in [7, 11) is 0. The van der Waals surface area contributed by atoms with Crippen LogP contribution in [0.15, 0.2) is 59.4 Å². The molecular formula is C15H9O. The van der Waals surface area contributed by atoms with Gasteiger partial charge in [-0.2, -0.15) is 0 Å². The Morgan fingerprint density at radius 3 is 2.50 bits per heavy atom. The van der Waals surface area contributed by atoms with Gasteiger partial charge in [0.25, 0.3) is 0 Å². The Balaban J connectivity index is 2.69. The molecule has 3 aromatic rings. The minimum absolute atomic E-state index is 0.0876. The molecule has 3 aromatic carbocycles. The number of fused-ring (bicyclic) bond motifs is 2. The third-order valence-corrected chi connectivity index (χ3v) is 2.79. The zero-order chi connectivity index (χ0) is 11.0. The average Bonchev–Trinajstić information content (AvgIpc) is 2.49. The van der Waals surface area contributed by atoms with E-state index >= 15 is 0 Å². The van der Waals surface area contributed by atoms with Gasteiger partial charge in [-0.15, -0.1) is 0 Å². The lowest BCUT2D eigenvalue weighted by atomic mass is 10.1. The first-order valence-corrected chi connectivity index (χ1v) is 5.18. The molecule has 0 fully saturated rings. The lowest BCUT2D eigenvalue weighted by molar-refractivity contribution is 1.74. The van der Waals surface area contributed by atoms with E-state index in [1.165, 1.54) is 0 Å². The second-order valence-corrected chi connectivity index (χ2v) is 3.76. The number of benzene rings is 2. The largest absolute Gasteiger partial charge is 0.289 e. The van der Waals surface area contributed by atoms with Gasteiger partial charge in [-0.05, 0) is 29.0 Å². The molecular weight excluding hydrogens is 196 g/mol. The van der Waals surface area contributed by atoms with Gasteiger partial charge in [-0.25, -0.2) is 0 Å². The average molecular weight is 205 g/mol. The molecule has 0 unspecified atom stereocenters. The van der Waals surface area contributed by atoms with Crippen molar-refractivity contribution in [2.24, 2.45) is 0 Å². The molecule has 1 radical (unpaired) electrons. The van der Waals surface area contributed by atoms with Crippen LogP contribution in [0.3, 0.4) is 0 Å². The Labute approximate surface area is 93.0 Å². The van der Waals surface area contributed by atoms with Crippen molar-refractivity contribution >= 4 is 21.5 Å². The third-order valence-electron chi connectivity index (χ3n) is 2.79. The summed E-state index contributed by atoms with van der Waals surface area (Å²) in [5.41, 5.74) is 0.0876. The highest BCUT2D eigenvalue weighted by Gasteiger charge is 2.00. The molecule has 3 rings (SSSR count). The van der Waals surface area contributed by atoms with Crippen molar-refractivity contribution < 1.29 is 0 Å². The van der Waals surface area contributed by atoms with E-state index in [9.17, 15) is 4.79 Å². The quantitative estimate of drug-likeness (QED) is 0.551. The Hall–Kier alpha value is -2.15. The van der Waals surface area contributed by atoms with Gasteiger partial charge in [0.1, 0.15) is 0 Å². The van der Waals surface area contributed by atoms with Crippen molar-refractivity contribution in [2.75, 3.05) is 0 Å². The summed E-state index contributed by atoms with van der Waals surface area (Å²) in [4.78, 5) is 12.3. The Kier molecular flexibility index (Phi) is 1.97. The highest BCUT2D eigenvalue weighted by Crippen LogP contribution is 2.14. The standard InChI is InChI=1S/C15H9O/c16-15-13-7-3-1-5-11(13)9-10-12-6-2-4-8-14(12)15/h1,3-10H. The predicted molar refractivity (Wildman–Crippen MR) is 66.6 cm³/mol. The van der Waals surface area contributed by atoms with Crippen molar-refractivity contribution in [1.29, 1.82) is 0 Å². The highest BCUT2D eigenvalue weighted by atomic mass is 16.1. The number of hydrogen-bond acceptors (Lipinski definition) is 1. The monoisotopic (exact) mass is 205 g/mol. The molecule has 0 amide bonds. The van der Waals surface area contributed by atoms with Gasteiger partial charge in [0.15, 0.2) is 5.43 Å². The predicted octanol–water partition coefficient (Wildman–Crippen LogP) is 3.15. The van der Waals surface area contributed by atoms with Crippen LogP contribution >= 0.6 is 0 Å². The summed E-state index contributed by atoms with van der Waals surface area (Å²) in [6, 6.07) is 20.0. The summed E-state index contributed by atoms with van der Waals surface area (Å²) in [5.74, 6) is 0. The number of rotatable bonds is 0. The van der Waals surface area contributed by atoms with Crippen molar-refractivity contribution in [1.82, 2.24) is 0 Å². The van der Waals surface area contributed by atoms with Crippen LogP contribution in [0.25, 0.3) is 21.5 Å². The van der Waals surface area contributed by atoms with Crippen LogP contribution in [-0.4, -0.2) is 0 Å². The fourth-order valence-corrected chi connectivity index (χ4v) is 1.96. The van der Waals surface area contributed by atoms with Gasteiger partial charge in [0, 0.05) is 10.8 Å². The molecule has 0 saturated heterocycles. The van der Waals surface area contributed by atoms with Crippen LogP contribution in [0.2, 0.25) is 0 Å². The van der Waals surface area contributed by atoms with E-state index in [1.807, 2.05) is 48.5 Å². The molecule has 16 heavy (non-hydrogen) atoms. The molecule has 0 spiro atoms. The number of hydrogen-bond donors (Lipinski definition) is 0. The van der Waals surface area contributed by atoms with Gasteiger partial charge in [-0.3, -0.25) is 4.79 Å². The van der Waals surface area contributed by atoms with Crippen LogP contribution in [0.1, 0.15) is 0 Å². The van der Waals surface area contributed by atoms with Crippen LogP contribution in [0, 0.1) is 6.07 Å². The normalized spacial score (nSPS) is 10.8. The molecule has 1 heteroatoms. The van der Waals surface area contributed by atoms with Crippen LogP contribution in [0.4, 0.5) is 0 Å². The Morgan fingerprint density at radius 1 is 0.812 bits per heavy atom. The maximum absolute atomic E-state index is 12.3. The first-order valence-electron chi connectivity index (χ1n) is 5.18. The molecule has 0 atom stereocenters. The van der Waals surface area contributed by atoms with Crippen molar-refractivity contribution in [3.8, 4) is 0 Å². The zero-order valence-electron chi connectivity index (χ0n) is 8.60. The lowest BCUT2D eigenvalue weighted by Crippen LogP contribution is -1.97. The SMILES string of the molecule is O=c1c2cc[c]cc2ccc2ccccc12. The smallest absolute Gasteiger partial charge is 0.194 e. The Morgan fingerprint density at radius 2 is 1.56 bits per heavy atom. The molecule has 0 saturated carbocycles. The molecule has 1 nitrogen and oxygen atoms in total. The van der Waals surface area contributed by atoms with E-state index in [-0.39, 0.29) is 5.43 Å². The molecule has 0 aliphatic heterocycles. The summed E-state index contributed by atoms with van der Waals surface area (Å²) >= 11 is 0. The van der Waals surface area contributed by atoms with E-state index in [0.29, 0.717) is 0 Å². The van der Waals surface area contributed by atoms with Crippen LogP contribution < -0.4 is 5.43 Å². The first-order chi connectivity index (χ1) is 7.86. The molecule has 0 aliphatic rings. The van der Waals surface area contributed by atoms with Gasteiger partial charge < -0.3 is 0 Å². The fraction of sp³-hybridized carbons (Fsp3) is 0. The lowest BCUT2D eigenvalue weighted by Gasteiger charge is -1.89. The summed E-state index contributed by atoms with van der Waals surface area (Å²) in [6.45, 7) is 0. The Bertz CT molecular complexity index is 668. The minimum Gasteiger partial charge on any atom is -0.289 e. The topological polar surface area (TPSA) is 17.1 Å². The molecule has 0 aromatic heterocycles. The third kappa shape index (κ3) is 1.29. The zero-order valence-corrected chi connectivity index (χ0v) is 8.60. The maximum Gasteiger partial charge on any atom is 0.194 e. The molecule has 0 heterocycles. The maximum atomic E-state index is 12.3. The van der Waals surface area contributed by atoms with E-state index in [4.69, 9.17) is 0 Å². The molecule has 0 bridgehead atoms. The molecule has 75 valence electrons. The van der Waals surface area contributed by atoms with E-state index < -0.39 is 0 Å². The summed E-state index contributed by atoms with van der Waals surface area (Å²) < 4.78 is 0. The fourth-order valence-electron chi connectivity index (χ4n) is 1.96. The van der Waals surface area contributed by atoms with E-state index in [0.717, 1.165) is 21.5 Å². The van der Waals surface area contributed by atoms with Gasteiger partial charge in [0.05, 0.1) is 0 Å². The van der Waals surface area contributed by atoms with E-state index in [1.54, 1.807) is 6.07 Å². The van der Waals surface area contributed by atoms with Crippen LogP contribution in [0.5, 0.6) is 0 Å². The van der Waals surface area contributed by atoms with Crippen molar-refractivity contribution in [3.63, 3.8) is 0 Å².